The maximum atomic E-state index is 12.4. The number of sulfonamides is 1. The maximum Gasteiger partial charge on any atom is 0.266 e. The number of aromatic nitrogens is 4. The normalized spacial score (nSPS) is 11.5. The van der Waals surface area contributed by atoms with Gasteiger partial charge in [-0.3, -0.25) is 4.79 Å². The molecule has 3 aromatic rings. The van der Waals surface area contributed by atoms with E-state index in [2.05, 4.69) is 14.9 Å². The lowest BCUT2D eigenvalue weighted by Crippen LogP contribution is -2.32. The molecule has 2 aromatic heterocycles. The third kappa shape index (κ3) is 4.29. The summed E-state index contributed by atoms with van der Waals surface area (Å²) in [6, 6.07) is 10.9. The van der Waals surface area contributed by atoms with Crippen molar-refractivity contribution in [3.63, 3.8) is 0 Å². The summed E-state index contributed by atoms with van der Waals surface area (Å²) in [6.45, 7) is 3.86. The molecule has 0 radical (unpaired) electrons. The van der Waals surface area contributed by atoms with Gasteiger partial charge < -0.3 is 4.74 Å². The summed E-state index contributed by atoms with van der Waals surface area (Å²) >= 11 is 0. The first-order chi connectivity index (χ1) is 13.3. The number of nitrogens with one attached hydrogen (secondary N) is 1. The lowest BCUT2D eigenvalue weighted by Gasteiger charge is -2.10. The van der Waals surface area contributed by atoms with Crippen LogP contribution in [0.4, 0.5) is 0 Å². The second kappa shape index (κ2) is 7.95. The molecule has 10 heteroatoms. The maximum absolute atomic E-state index is 12.4. The van der Waals surface area contributed by atoms with Gasteiger partial charge in [0.15, 0.2) is 5.82 Å². The number of ether oxygens (including phenoxy) is 1. The van der Waals surface area contributed by atoms with Crippen molar-refractivity contribution in [2.45, 2.75) is 25.3 Å². The van der Waals surface area contributed by atoms with Crippen molar-refractivity contribution in [1.82, 2.24) is 24.3 Å². The van der Waals surface area contributed by atoms with Crippen molar-refractivity contribution in [2.75, 3.05) is 13.7 Å². The number of hydrogen-bond donors (Lipinski definition) is 1. The van der Waals surface area contributed by atoms with Gasteiger partial charge in [-0.2, -0.15) is 5.10 Å². The van der Waals surface area contributed by atoms with E-state index >= 15 is 0 Å². The zero-order valence-corrected chi connectivity index (χ0v) is 16.6. The fourth-order valence-corrected chi connectivity index (χ4v) is 3.72. The van der Waals surface area contributed by atoms with Crippen molar-refractivity contribution in [2.24, 2.45) is 0 Å². The Labute approximate surface area is 162 Å². The Morgan fingerprint density at radius 1 is 1.07 bits per heavy atom. The van der Waals surface area contributed by atoms with Crippen LogP contribution in [-0.2, 0) is 16.6 Å². The van der Waals surface area contributed by atoms with Crippen molar-refractivity contribution in [3.8, 4) is 11.6 Å². The molecular weight excluding hydrogens is 382 g/mol. The molecule has 2 heterocycles. The van der Waals surface area contributed by atoms with E-state index in [1.807, 2.05) is 19.9 Å². The van der Waals surface area contributed by atoms with Gasteiger partial charge in [0, 0.05) is 18.3 Å². The standard InChI is InChI=1S/C18H21N5O4S/c1-13-12-14(2)23(20-13)17-8-9-18(24)22(21-17)11-10-19-28(25,26)16-6-4-15(27-3)5-7-16/h4-9,12,19H,10-11H2,1-3H3. The van der Waals surface area contributed by atoms with E-state index in [4.69, 9.17) is 4.74 Å². The molecule has 28 heavy (non-hydrogen) atoms. The van der Waals surface area contributed by atoms with E-state index in [0.717, 1.165) is 11.4 Å². The monoisotopic (exact) mass is 403 g/mol. The van der Waals surface area contributed by atoms with E-state index < -0.39 is 10.0 Å². The second-order valence-corrected chi connectivity index (χ2v) is 7.93. The van der Waals surface area contributed by atoms with E-state index in [0.29, 0.717) is 11.6 Å². The molecule has 0 aliphatic heterocycles. The molecule has 0 spiro atoms. The first kappa shape index (κ1) is 19.8. The van der Waals surface area contributed by atoms with Crippen LogP contribution in [0.2, 0.25) is 0 Å². The predicted octanol–water partition coefficient (Wildman–Crippen LogP) is 1.03. The number of nitrogens with zero attached hydrogens (tertiary/aromatic N) is 4. The average Bonchev–Trinajstić information content (AvgIpc) is 3.01. The number of methoxy groups -OCH3 is 1. The van der Waals surface area contributed by atoms with Crippen LogP contribution >= 0.6 is 0 Å². The summed E-state index contributed by atoms with van der Waals surface area (Å²) < 4.78 is 35.1. The second-order valence-electron chi connectivity index (χ2n) is 6.17. The van der Waals surface area contributed by atoms with E-state index in [9.17, 15) is 13.2 Å². The lowest BCUT2D eigenvalue weighted by atomic mass is 10.3. The first-order valence-electron chi connectivity index (χ1n) is 8.56. The predicted molar refractivity (Wildman–Crippen MR) is 103 cm³/mol. The van der Waals surface area contributed by atoms with Crippen molar-refractivity contribution >= 4 is 10.0 Å². The number of rotatable bonds is 7. The molecule has 0 amide bonds. The zero-order valence-electron chi connectivity index (χ0n) is 15.8. The third-order valence-corrected chi connectivity index (χ3v) is 5.54. The Kier molecular flexibility index (Phi) is 5.61. The minimum absolute atomic E-state index is 0.0157. The molecule has 0 aliphatic rings. The summed E-state index contributed by atoms with van der Waals surface area (Å²) in [5.41, 5.74) is 1.40. The van der Waals surface area contributed by atoms with Crippen LogP contribution in [0.5, 0.6) is 5.75 Å². The van der Waals surface area contributed by atoms with Crippen LogP contribution in [-0.4, -0.2) is 41.6 Å². The van der Waals surface area contributed by atoms with Crippen LogP contribution < -0.4 is 15.0 Å². The molecule has 1 N–H and O–H groups in total. The van der Waals surface area contributed by atoms with Gasteiger partial charge in [-0.1, -0.05) is 0 Å². The lowest BCUT2D eigenvalue weighted by molar-refractivity contribution is 0.414. The Hall–Kier alpha value is -2.98. The highest BCUT2D eigenvalue weighted by molar-refractivity contribution is 7.89. The summed E-state index contributed by atoms with van der Waals surface area (Å²) in [7, 11) is -2.19. The fraction of sp³-hybridized carbons (Fsp3) is 0.278. The molecule has 0 aliphatic carbocycles. The van der Waals surface area contributed by atoms with E-state index in [1.54, 1.807) is 22.9 Å². The topological polar surface area (TPSA) is 108 Å². The zero-order chi connectivity index (χ0) is 20.3. The van der Waals surface area contributed by atoms with Crippen LogP contribution in [0.25, 0.3) is 5.82 Å². The van der Waals surface area contributed by atoms with Gasteiger partial charge in [-0.15, -0.1) is 5.10 Å². The van der Waals surface area contributed by atoms with Gasteiger partial charge in [0.1, 0.15) is 5.75 Å². The van der Waals surface area contributed by atoms with Gasteiger partial charge in [-0.05, 0) is 50.2 Å². The minimum Gasteiger partial charge on any atom is -0.497 e. The molecule has 9 nitrogen and oxygen atoms in total. The quantitative estimate of drug-likeness (QED) is 0.631. The van der Waals surface area contributed by atoms with Gasteiger partial charge in [0.2, 0.25) is 10.0 Å². The molecular formula is C18H21N5O4S. The van der Waals surface area contributed by atoms with Crippen LogP contribution in [0.15, 0.2) is 52.2 Å². The molecule has 0 bridgehead atoms. The van der Waals surface area contributed by atoms with Gasteiger partial charge in [0.25, 0.3) is 5.56 Å². The number of aryl methyl sites for hydroxylation is 2. The largest absolute Gasteiger partial charge is 0.497 e. The van der Waals surface area contributed by atoms with Gasteiger partial charge in [0.05, 0.1) is 24.2 Å². The van der Waals surface area contributed by atoms with Crippen molar-refractivity contribution < 1.29 is 13.2 Å². The summed E-state index contributed by atoms with van der Waals surface area (Å²) in [5.74, 6) is 1.05. The Balaban J connectivity index is 1.72. The molecule has 0 fully saturated rings. The van der Waals surface area contributed by atoms with Gasteiger partial charge >= 0.3 is 0 Å². The third-order valence-electron chi connectivity index (χ3n) is 4.06. The fourth-order valence-electron chi connectivity index (χ4n) is 2.70. The first-order valence-corrected chi connectivity index (χ1v) is 10.0. The smallest absolute Gasteiger partial charge is 0.266 e. The van der Waals surface area contributed by atoms with Gasteiger partial charge in [-0.25, -0.2) is 22.5 Å². The Bertz CT molecular complexity index is 1130. The molecule has 0 saturated heterocycles. The van der Waals surface area contributed by atoms with E-state index in [1.165, 1.54) is 30.0 Å². The summed E-state index contributed by atoms with van der Waals surface area (Å²) in [4.78, 5) is 12.2. The average molecular weight is 403 g/mol. The molecule has 0 atom stereocenters. The van der Waals surface area contributed by atoms with Crippen LogP contribution in [0.3, 0.4) is 0 Å². The van der Waals surface area contributed by atoms with Crippen LogP contribution in [0.1, 0.15) is 11.4 Å². The molecule has 1 aromatic carbocycles. The summed E-state index contributed by atoms with van der Waals surface area (Å²) in [6.07, 6.45) is 0. The minimum atomic E-state index is -3.70. The Morgan fingerprint density at radius 3 is 2.39 bits per heavy atom. The highest BCUT2D eigenvalue weighted by atomic mass is 32.2. The summed E-state index contributed by atoms with van der Waals surface area (Å²) in [5, 5.41) is 8.63. The van der Waals surface area contributed by atoms with E-state index in [-0.39, 0.29) is 23.5 Å². The molecule has 148 valence electrons. The molecule has 3 rings (SSSR count). The van der Waals surface area contributed by atoms with Crippen LogP contribution in [0, 0.1) is 13.8 Å². The molecule has 0 saturated carbocycles. The molecule has 0 unspecified atom stereocenters. The number of hydrogen-bond acceptors (Lipinski definition) is 6. The Morgan fingerprint density at radius 2 is 1.79 bits per heavy atom. The highest BCUT2D eigenvalue weighted by Gasteiger charge is 2.14. The number of benzene rings is 1. The SMILES string of the molecule is COc1ccc(S(=O)(=O)NCCn2nc(-n3nc(C)cc3C)ccc2=O)cc1. The van der Waals surface area contributed by atoms with Crippen molar-refractivity contribution in [1.29, 1.82) is 0 Å². The highest BCUT2D eigenvalue weighted by Crippen LogP contribution is 2.15. The van der Waals surface area contributed by atoms with Crippen molar-refractivity contribution in [3.05, 3.63) is 64.2 Å².